The van der Waals surface area contributed by atoms with Gasteiger partial charge in [-0.05, 0) is 29.8 Å². The van der Waals surface area contributed by atoms with Crippen molar-refractivity contribution in [1.82, 2.24) is 14.5 Å². The Morgan fingerprint density at radius 1 is 1.06 bits per heavy atom. The number of thioether (sulfide) groups is 1. The SMILES string of the molecule is COc1ccccc1NC(=O)CSc1nc2ncccc2c(=O)n1Cc1ccccc1. The molecule has 4 aromatic rings. The fourth-order valence-corrected chi connectivity index (χ4v) is 3.90. The van der Waals surface area contributed by atoms with Gasteiger partial charge in [0.2, 0.25) is 5.91 Å². The Kier molecular flexibility index (Phi) is 6.28. The second kappa shape index (κ2) is 9.44. The summed E-state index contributed by atoms with van der Waals surface area (Å²) in [4.78, 5) is 34.4. The van der Waals surface area contributed by atoms with Crippen molar-refractivity contribution in [2.45, 2.75) is 11.7 Å². The molecule has 4 rings (SSSR count). The largest absolute Gasteiger partial charge is 0.495 e. The van der Waals surface area contributed by atoms with Crippen molar-refractivity contribution in [2.24, 2.45) is 0 Å². The number of pyridine rings is 1. The van der Waals surface area contributed by atoms with Crippen molar-refractivity contribution < 1.29 is 9.53 Å². The predicted octanol–water partition coefficient (Wildman–Crippen LogP) is 3.58. The molecule has 0 spiro atoms. The molecule has 0 fully saturated rings. The van der Waals surface area contributed by atoms with E-state index in [1.807, 2.05) is 42.5 Å². The molecule has 2 heterocycles. The van der Waals surface area contributed by atoms with Crippen LogP contribution in [0.2, 0.25) is 0 Å². The van der Waals surface area contributed by atoms with E-state index in [1.165, 1.54) is 11.8 Å². The van der Waals surface area contributed by atoms with Crippen LogP contribution in [0.25, 0.3) is 11.0 Å². The average molecular weight is 433 g/mol. The van der Waals surface area contributed by atoms with Crippen LogP contribution in [0.1, 0.15) is 5.56 Å². The second-order valence-corrected chi connectivity index (χ2v) is 7.63. The summed E-state index contributed by atoms with van der Waals surface area (Å²) in [6.07, 6.45) is 1.60. The van der Waals surface area contributed by atoms with E-state index < -0.39 is 0 Å². The molecular formula is C23H20N4O3S. The van der Waals surface area contributed by atoms with E-state index in [0.717, 1.165) is 5.56 Å². The molecule has 2 aromatic carbocycles. The Morgan fingerprint density at radius 3 is 2.65 bits per heavy atom. The van der Waals surface area contributed by atoms with E-state index in [1.54, 1.807) is 42.1 Å². The van der Waals surface area contributed by atoms with Crippen molar-refractivity contribution in [2.75, 3.05) is 18.2 Å². The molecule has 0 aliphatic rings. The molecule has 0 atom stereocenters. The molecule has 0 radical (unpaired) electrons. The Morgan fingerprint density at radius 2 is 1.84 bits per heavy atom. The zero-order valence-corrected chi connectivity index (χ0v) is 17.6. The fraction of sp³-hybridized carbons (Fsp3) is 0.130. The van der Waals surface area contributed by atoms with Crippen molar-refractivity contribution in [3.8, 4) is 5.75 Å². The number of nitrogens with zero attached hydrogens (tertiary/aromatic N) is 3. The monoisotopic (exact) mass is 432 g/mol. The van der Waals surface area contributed by atoms with Crippen LogP contribution in [0, 0.1) is 0 Å². The highest BCUT2D eigenvalue weighted by molar-refractivity contribution is 7.99. The van der Waals surface area contributed by atoms with Crippen molar-refractivity contribution in [1.29, 1.82) is 0 Å². The predicted molar refractivity (Wildman–Crippen MR) is 122 cm³/mol. The summed E-state index contributed by atoms with van der Waals surface area (Å²) >= 11 is 1.20. The minimum absolute atomic E-state index is 0.0810. The summed E-state index contributed by atoms with van der Waals surface area (Å²) in [5.41, 5.74) is 1.74. The van der Waals surface area contributed by atoms with E-state index in [9.17, 15) is 9.59 Å². The van der Waals surface area contributed by atoms with Gasteiger partial charge in [0.1, 0.15) is 5.75 Å². The molecule has 1 N–H and O–H groups in total. The van der Waals surface area contributed by atoms with E-state index in [-0.39, 0.29) is 17.2 Å². The number of aromatic nitrogens is 3. The summed E-state index contributed by atoms with van der Waals surface area (Å²) in [6.45, 7) is 0.355. The summed E-state index contributed by atoms with van der Waals surface area (Å²) < 4.78 is 6.85. The maximum absolute atomic E-state index is 13.1. The highest BCUT2D eigenvalue weighted by Crippen LogP contribution is 2.24. The number of carbonyl (C=O) groups is 1. The number of fused-ring (bicyclic) bond motifs is 1. The summed E-state index contributed by atoms with van der Waals surface area (Å²) in [5.74, 6) is 0.434. The zero-order valence-electron chi connectivity index (χ0n) is 16.8. The molecule has 8 heteroatoms. The summed E-state index contributed by atoms with van der Waals surface area (Å²) in [7, 11) is 1.55. The number of rotatable bonds is 7. The Balaban J connectivity index is 1.60. The lowest BCUT2D eigenvalue weighted by molar-refractivity contribution is -0.113. The molecule has 156 valence electrons. The maximum atomic E-state index is 13.1. The van der Waals surface area contributed by atoms with Gasteiger partial charge in [-0.2, -0.15) is 0 Å². The van der Waals surface area contributed by atoms with Gasteiger partial charge in [-0.1, -0.05) is 54.2 Å². The first-order chi connectivity index (χ1) is 15.2. The molecule has 0 saturated heterocycles. The Bertz CT molecular complexity index is 1270. The lowest BCUT2D eigenvalue weighted by atomic mass is 10.2. The molecule has 1 amide bonds. The standard InChI is InChI=1S/C23H20N4O3S/c1-30-19-12-6-5-11-18(19)25-20(28)15-31-23-26-21-17(10-7-13-24-21)22(29)27(23)14-16-8-3-2-4-9-16/h2-13H,14-15H2,1H3,(H,25,28). The van der Waals surface area contributed by atoms with Gasteiger partial charge in [-0.15, -0.1) is 0 Å². The van der Waals surface area contributed by atoms with Gasteiger partial charge in [-0.25, -0.2) is 9.97 Å². The fourth-order valence-electron chi connectivity index (χ4n) is 3.12. The van der Waals surface area contributed by atoms with Gasteiger partial charge >= 0.3 is 0 Å². The van der Waals surface area contributed by atoms with Gasteiger partial charge in [0.05, 0.1) is 30.5 Å². The van der Waals surface area contributed by atoms with Gasteiger partial charge in [0.25, 0.3) is 5.56 Å². The Hall–Kier alpha value is -3.65. The number of carbonyl (C=O) groups excluding carboxylic acids is 1. The quantitative estimate of drug-likeness (QED) is 0.355. The van der Waals surface area contributed by atoms with E-state index in [2.05, 4.69) is 15.3 Å². The van der Waals surface area contributed by atoms with Crippen LogP contribution in [-0.4, -0.2) is 33.3 Å². The van der Waals surface area contributed by atoms with Crippen LogP contribution < -0.4 is 15.6 Å². The lowest BCUT2D eigenvalue weighted by Gasteiger charge is -2.13. The van der Waals surface area contributed by atoms with Gasteiger partial charge < -0.3 is 10.1 Å². The van der Waals surface area contributed by atoms with Crippen molar-refractivity contribution >= 4 is 34.4 Å². The third kappa shape index (κ3) is 4.75. The van der Waals surface area contributed by atoms with Crippen LogP contribution in [-0.2, 0) is 11.3 Å². The van der Waals surface area contributed by atoms with Gasteiger partial charge in [0, 0.05) is 6.20 Å². The first kappa shape index (κ1) is 20.6. The molecule has 31 heavy (non-hydrogen) atoms. The number of nitrogens with one attached hydrogen (secondary N) is 1. The molecule has 0 aliphatic carbocycles. The van der Waals surface area contributed by atoms with Crippen molar-refractivity contribution in [3.63, 3.8) is 0 Å². The first-order valence-corrected chi connectivity index (χ1v) is 10.6. The number of anilines is 1. The van der Waals surface area contributed by atoms with E-state index >= 15 is 0 Å². The highest BCUT2D eigenvalue weighted by atomic mass is 32.2. The van der Waals surface area contributed by atoms with Crippen molar-refractivity contribution in [3.05, 3.63) is 88.8 Å². The van der Waals surface area contributed by atoms with Crippen LogP contribution in [0.3, 0.4) is 0 Å². The molecule has 0 aliphatic heterocycles. The average Bonchev–Trinajstić information content (AvgIpc) is 2.81. The molecule has 0 saturated carbocycles. The normalized spacial score (nSPS) is 10.7. The molecule has 2 aromatic heterocycles. The molecule has 0 bridgehead atoms. The number of methoxy groups -OCH3 is 1. The molecule has 0 unspecified atom stereocenters. The van der Waals surface area contributed by atoms with Crippen LogP contribution in [0.15, 0.2) is 82.9 Å². The minimum Gasteiger partial charge on any atom is -0.495 e. The number of benzene rings is 2. The highest BCUT2D eigenvalue weighted by Gasteiger charge is 2.15. The third-order valence-corrected chi connectivity index (χ3v) is 5.57. The molecular weight excluding hydrogens is 412 g/mol. The van der Waals surface area contributed by atoms with Crippen LogP contribution >= 0.6 is 11.8 Å². The summed E-state index contributed by atoms with van der Waals surface area (Å²) in [5, 5.41) is 3.72. The minimum atomic E-state index is -0.226. The van der Waals surface area contributed by atoms with Gasteiger partial charge in [-0.3, -0.25) is 14.2 Å². The smallest absolute Gasteiger partial charge is 0.263 e. The van der Waals surface area contributed by atoms with E-state index in [4.69, 9.17) is 4.74 Å². The Labute approximate surface area is 183 Å². The van der Waals surface area contributed by atoms with Crippen LogP contribution in [0.4, 0.5) is 5.69 Å². The first-order valence-electron chi connectivity index (χ1n) is 9.61. The number of para-hydroxylation sites is 2. The second-order valence-electron chi connectivity index (χ2n) is 6.68. The van der Waals surface area contributed by atoms with Gasteiger partial charge in [0.15, 0.2) is 10.8 Å². The maximum Gasteiger partial charge on any atom is 0.263 e. The lowest BCUT2D eigenvalue weighted by Crippen LogP contribution is -2.25. The number of ether oxygens (including phenoxy) is 1. The summed E-state index contributed by atoms with van der Waals surface area (Å²) in [6, 6.07) is 20.3. The zero-order chi connectivity index (χ0) is 21.6. The third-order valence-electron chi connectivity index (χ3n) is 4.59. The number of hydrogen-bond acceptors (Lipinski definition) is 6. The number of amides is 1. The van der Waals surface area contributed by atoms with E-state index in [0.29, 0.717) is 34.2 Å². The molecule has 7 nitrogen and oxygen atoms in total. The topological polar surface area (TPSA) is 86.1 Å². The number of hydrogen-bond donors (Lipinski definition) is 1. The van der Waals surface area contributed by atoms with Crippen LogP contribution in [0.5, 0.6) is 5.75 Å².